The SMILES string of the molecule is CN(C)c1cc(NCc2ccc(O)c(O)c2)c(O)c2c1CC1CC3CC(=O)C(C(N)=O)=C(O)C3(O)C(=O)C1=C2O. The molecule has 3 unspecified atom stereocenters. The van der Waals surface area contributed by atoms with Crippen LogP contribution in [-0.2, 0) is 27.3 Å². The average Bonchev–Trinajstić information content (AvgIpc) is 2.87. The van der Waals surface area contributed by atoms with Crippen LogP contribution in [0.5, 0.6) is 17.2 Å². The molecule has 3 aliphatic rings. The predicted molar refractivity (Wildman–Crippen MR) is 143 cm³/mol. The van der Waals surface area contributed by atoms with Gasteiger partial charge in [-0.3, -0.25) is 14.4 Å². The summed E-state index contributed by atoms with van der Waals surface area (Å²) in [5, 5.41) is 67.2. The normalized spacial score (nSPS) is 23.9. The summed E-state index contributed by atoms with van der Waals surface area (Å²) in [4.78, 5) is 39.8. The number of hydrogen-bond donors (Lipinski definition) is 8. The number of aliphatic hydroxyl groups excluding tert-OH is 2. The fourth-order valence-electron chi connectivity index (χ4n) is 6.08. The average molecular weight is 552 g/mol. The number of nitrogens with zero attached hydrogens (tertiary/aromatic N) is 1. The molecule has 0 bridgehead atoms. The summed E-state index contributed by atoms with van der Waals surface area (Å²) in [6, 6.07) is 5.91. The highest BCUT2D eigenvalue weighted by Crippen LogP contribution is 2.54. The van der Waals surface area contributed by atoms with Gasteiger partial charge in [0.05, 0.1) is 11.3 Å². The Hall–Kier alpha value is -4.71. The summed E-state index contributed by atoms with van der Waals surface area (Å²) < 4.78 is 0. The lowest BCUT2D eigenvalue weighted by Gasteiger charge is -2.46. The van der Waals surface area contributed by atoms with E-state index in [0.717, 1.165) is 0 Å². The van der Waals surface area contributed by atoms with Gasteiger partial charge in [0.15, 0.2) is 22.9 Å². The first-order chi connectivity index (χ1) is 18.8. The lowest BCUT2D eigenvalue weighted by molar-refractivity contribution is -0.147. The standard InChI is InChI=1S/C28H29N3O9/c1-31(2)16-9-15(30-10-11-3-4-17(32)18(33)5-11)23(35)21-14(16)7-12-6-13-8-19(34)22(27(29)39)26(38)28(13,40)25(37)20(12)24(21)36/h3-5,9,12-13,30,32-33,35-36,38,40H,6-8,10H2,1-2H3,(H2,29,39). The molecule has 1 fully saturated rings. The number of Topliss-reactive ketones (excluding diaryl/α,β-unsaturated/α-hetero) is 2. The first-order valence-corrected chi connectivity index (χ1v) is 12.6. The minimum absolute atomic E-state index is 0.0330. The Kier molecular flexibility index (Phi) is 6.18. The van der Waals surface area contributed by atoms with E-state index in [0.29, 0.717) is 16.8 Å². The molecule has 3 aliphatic carbocycles. The molecule has 2 aromatic rings. The third-order valence-corrected chi connectivity index (χ3v) is 8.04. The van der Waals surface area contributed by atoms with Crippen LogP contribution in [0.3, 0.4) is 0 Å². The van der Waals surface area contributed by atoms with E-state index in [1.165, 1.54) is 12.1 Å². The number of rotatable bonds is 5. The maximum absolute atomic E-state index is 13.7. The number of carbonyl (C=O) groups excluding carboxylic acids is 3. The van der Waals surface area contributed by atoms with Crippen LogP contribution < -0.4 is 16.0 Å². The van der Waals surface area contributed by atoms with Gasteiger partial charge in [0.1, 0.15) is 22.8 Å². The van der Waals surface area contributed by atoms with Crippen LogP contribution in [0.15, 0.2) is 41.2 Å². The molecule has 1 saturated carbocycles. The third kappa shape index (κ3) is 3.82. The van der Waals surface area contributed by atoms with E-state index in [1.807, 2.05) is 0 Å². The molecule has 1 amide bonds. The summed E-state index contributed by atoms with van der Waals surface area (Å²) in [7, 11) is 3.53. The fraction of sp³-hybridized carbons (Fsp3) is 0.321. The summed E-state index contributed by atoms with van der Waals surface area (Å²) in [5.41, 5.74) is 3.44. The molecule has 0 aliphatic heterocycles. The molecule has 12 nitrogen and oxygen atoms in total. The predicted octanol–water partition coefficient (Wildman–Crippen LogP) is 1.51. The minimum atomic E-state index is -2.63. The number of phenolic OH excluding ortho intramolecular Hbond substituents is 3. The summed E-state index contributed by atoms with van der Waals surface area (Å²) >= 11 is 0. The minimum Gasteiger partial charge on any atom is -0.508 e. The highest BCUT2D eigenvalue weighted by Gasteiger charge is 2.60. The Labute approximate surface area is 228 Å². The summed E-state index contributed by atoms with van der Waals surface area (Å²) in [5.74, 6) is -7.47. The van der Waals surface area contributed by atoms with Crippen LogP contribution in [0.4, 0.5) is 11.4 Å². The number of nitrogens with one attached hydrogen (secondary N) is 1. The van der Waals surface area contributed by atoms with Crippen LogP contribution >= 0.6 is 0 Å². The van der Waals surface area contributed by atoms with Gasteiger partial charge < -0.3 is 46.6 Å². The van der Waals surface area contributed by atoms with Gasteiger partial charge in [-0.25, -0.2) is 0 Å². The van der Waals surface area contributed by atoms with Crippen molar-refractivity contribution in [3.63, 3.8) is 0 Å². The van der Waals surface area contributed by atoms with Gasteiger partial charge in [0.2, 0.25) is 5.78 Å². The monoisotopic (exact) mass is 551 g/mol. The Balaban J connectivity index is 1.62. The van der Waals surface area contributed by atoms with Crippen molar-refractivity contribution in [2.75, 3.05) is 24.3 Å². The molecular formula is C28H29N3O9. The Morgan fingerprint density at radius 1 is 1.07 bits per heavy atom. The fourth-order valence-corrected chi connectivity index (χ4v) is 6.08. The van der Waals surface area contributed by atoms with Crippen LogP contribution in [0.25, 0.3) is 5.76 Å². The number of amides is 1. The largest absolute Gasteiger partial charge is 0.508 e. The number of phenols is 3. The van der Waals surface area contributed by atoms with Crippen LogP contribution in [0.1, 0.15) is 29.5 Å². The number of primary amides is 1. The zero-order valence-corrected chi connectivity index (χ0v) is 21.7. The van der Waals surface area contributed by atoms with E-state index in [9.17, 15) is 45.0 Å². The summed E-state index contributed by atoms with van der Waals surface area (Å²) in [6.45, 7) is 0.121. The molecule has 0 radical (unpaired) electrons. The second kappa shape index (κ2) is 9.19. The van der Waals surface area contributed by atoms with Crippen molar-refractivity contribution in [1.82, 2.24) is 0 Å². The van der Waals surface area contributed by atoms with Gasteiger partial charge >= 0.3 is 0 Å². The highest BCUT2D eigenvalue weighted by atomic mass is 16.3. The summed E-state index contributed by atoms with van der Waals surface area (Å²) in [6.07, 6.45) is -0.161. The van der Waals surface area contributed by atoms with Crippen molar-refractivity contribution in [3.8, 4) is 17.2 Å². The molecular weight excluding hydrogens is 522 g/mol. The Morgan fingerprint density at radius 3 is 2.40 bits per heavy atom. The zero-order valence-electron chi connectivity index (χ0n) is 21.7. The van der Waals surface area contributed by atoms with E-state index in [-0.39, 0.29) is 59.9 Å². The van der Waals surface area contributed by atoms with E-state index in [1.54, 1.807) is 31.1 Å². The molecule has 9 N–H and O–H groups in total. The van der Waals surface area contributed by atoms with Crippen molar-refractivity contribution in [2.45, 2.75) is 31.4 Å². The van der Waals surface area contributed by atoms with Crippen molar-refractivity contribution in [2.24, 2.45) is 17.6 Å². The Bertz CT molecular complexity index is 1560. The number of nitrogens with two attached hydrogens (primary N) is 1. The maximum Gasteiger partial charge on any atom is 0.255 e. The van der Waals surface area contributed by atoms with Crippen LogP contribution in [-0.4, -0.2) is 67.8 Å². The van der Waals surface area contributed by atoms with E-state index >= 15 is 0 Å². The number of carbonyl (C=O) groups is 3. The van der Waals surface area contributed by atoms with Gasteiger partial charge in [0.25, 0.3) is 5.91 Å². The highest BCUT2D eigenvalue weighted by molar-refractivity contribution is 6.22. The number of fused-ring (bicyclic) bond motifs is 3. The number of hydrogen-bond acceptors (Lipinski definition) is 11. The molecule has 0 spiro atoms. The molecule has 40 heavy (non-hydrogen) atoms. The van der Waals surface area contributed by atoms with Crippen LogP contribution in [0, 0.1) is 11.8 Å². The van der Waals surface area contributed by atoms with Crippen LogP contribution in [0.2, 0.25) is 0 Å². The second-order valence-corrected chi connectivity index (χ2v) is 10.6. The first-order valence-electron chi connectivity index (χ1n) is 12.6. The number of ketones is 2. The lowest BCUT2D eigenvalue weighted by Crippen LogP contribution is -2.58. The van der Waals surface area contributed by atoms with Crippen molar-refractivity contribution >= 4 is 34.6 Å². The first kappa shape index (κ1) is 26.9. The van der Waals surface area contributed by atoms with Crippen molar-refractivity contribution < 1.29 is 45.0 Å². The molecule has 0 saturated heterocycles. The van der Waals surface area contributed by atoms with Gasteiger partial charge in [-0.1, -0.05) is 6.07 Å². The molecule has 0 aromatic heterocycles. The van der Waals surface area contributed by atoms with Gasteiger partial charge in [-0.15, -0.1) is 0 Å². The van der Waals surface area contributed by atoms with Gasteiger partial charge in [-0.2, -0.15) is 0 Å². The molecule has 5 rings (SSSR count). The lowest BCUT2D eigenvalue weighted by atomic mass is 9.59. The zero-order chi connectivity index (χ0) is 29.3. The molecule has 0 heterocycles. The second-order valence-electron chi connectivity index (χ2n) is 10.6. The number of aliphatic hydroxyl groups is 3. The molecule has 210 valence electrons. The van der Waals surface area contributed by atoms with Gasteiger partial charge in [-0.05, 0) is 48.1 Å². The topological polar surface area (TPSA) is 214 Å². The quantitative estimate of drug-likeness (QED) is 0.197. The van der Waals surface area contributed by atoms with E-state index < -0.39 is 52.0 Å². The van der Waals surface area contributed by atoms with Gasteiger partial charge in [0, 0.05) is 44.2 Å². The number of aromatic hydroxyl groups is 3. The van der Waals surface area contributed by atoms with E-state index in [4.69, 9.17) is 5.73 Å². The van der Waals surface area contributed by atoms with Crippen molar-refractivity contribution in [3.05, 3.63) is 57.9 Å². The van der Waals surface area contributed by atoms with E-state index in [2.05, 4.69) is 5.32 Å². The van der Waals surface area contributed by atoms with Crippen molar-refractivity contribution in [1.29, 1.82) is 0 Å². The number of anilines is 2. The molecule has 3 atom stereocenters. The smallest absolute Gasteiger partial charge is 0.255 e. The molecule has 2 aromatic carbocycles. The molecule has 12 heteroatoms. The maximum atomic E-state index is 13.7. The Morgan fingerprint density at radius 2 is 1.77 bits per heavy atom. The third-order valence-electron chi connectivity index (χ3n) is 8.04. The number of benzene rings is 2.